The maximum Gasteiger partial charge on any atom is 0.135 e. The summed E-state index contributed by atoms with van der Waals surface area (Å²) in [6, 6.07) is 5.33. The standard InChI is InChI=1S/C13H19BrClNO4S/c1-7(18)12(6-17)20-13(11(19)5-16)21-8-2-3-9(14)10(15)4-8/h2-4,7,11-13,17-19H,5-6,16H2,1H3/t7-,11+,12?,13?/m1/s1. The molecule has 0 spiro atoms. The molecule has 2 unspecified atom stereocenters. The average molecular weight is 401 g/mol. The predicted molar refractivity (Wildman–Crippen MR) is 87.5 cm³/mol. The van der Waals surface area contributed by atoms with Gasteiger partial charge in [-0.1, -0.05) is 23.4 Å². The number of thioether (sulfide) groups is 1. The molecule has 0 bridgehead atoms. The highest BCUT2D eigenvalue weighted by Crippen LogP contribution is 2.32. The van der Waals surface area contributed by atoms with E-state index in [0.717, 1.165) is 9.37 Å². The number of ether oxygens (including phenoxy) is 1. The summed E-state index contributed by atoms with van der Waals surface area (Å²) in [7, 11) is 0. The van der Waals surface area contributed by atoms with Gasteiger partial charge in [0, 0.05) is 15.9 Å². The lowest BCUT2D eigenvalue weighted by molar-refractivity contribution is -0.0926. The van der Waals surface area contributed by atoms with E-state index >= 15 is 0 Å². The molecule has 0 aliphatic heterocycles. The molecule has 0 heterocycles. The van der Waals surface area contributed by atoms with Gasteiger partial charge in [0.25, 0.3) is 0 Å². The average Bonchev–Trinajstić information content (AvgIpc) is 2.45. The van der Waals surface area contributed by atoms with Gasteiger partial charge in [-0.3, -0.25) is 0 Å². The summed E-state index contributed by atoms with van der Waals surface area (Å²) < 4.78 is 6.33. The van der Waals surface area contributed by atoms with E-state index in [1.807, 2.05) is 6.07 Å². The largest absolute Gasteiger partial charge is 0.394 e. The number of hydrogen-bond donors (Lipinski definition) is 4. The summed E-state index contributed by atoms with van der Waals surface area (Å²) in [6.07, 6.45) is -2.60. The van der Waals surface area contributed by atoms with Gasteiger partial charge in [-0.2, -0.15) is 0 Å². The molecule has 5 N–H and O–H groups in total. The molecular formula is C13H19BrClNO4S. The van der Waals surface area contributed by atoms with E-state index in [9.17, 15) is 15.3 Å². The third kappa shape index (κ3) is 6.03. The Balaban J connectivity index is 2.84. The second-order valence-electron chi connectivity index (χ2n) is 4.46. The minimum Gasteiger partial charge on any atom is -0.394 e. The Morgan fingerprint density at radius 3 is 2.57 bits per heavy atom. The van der Waals surface area contributed by atoms with Crippen molar-refractivity contribution >= 4 is 39.3 Å². The van der Waals surface area contributed by atoms with Gasteiger partial charge >= 0.3 is 0 Å². The van der Waals surface area contributed by atoms with E-state index in [1.54, 1.807) is 12.1 Å². The summed E-state index contributed by atoms with van der Waals surface area (Å²) in [5.74, 6) is 0. The van der Waals surface area contributed by atoms with Crippen LogP contribution in [-0.2, 0) is 4.74 Å². The highest BCUT2D eigenvalue weighted by Gasteiger charge is 2.26. The van der Waals surface area contributed by atoms with Gasteiger partial charge in [0.1, 0.15) is 17.6 Å². The second-order valence-corrected chi connectivity index (χ2v) is 6.90. The quantitative estimate of drug-likeness (QED) is 0.391. The van der Waals surface area contributed by atoms with Crippen molar-refractivity contribution in [3.8, 4) is 0 Å². The van der Waals surface area contributed by atoms with Crippen molar-refractivity contribution in [1.82, 2.24) is 0 Å². The van der Waals surface area contributed by atoms with Gasteiger partial charge in [0.15, 0.2) is 0 Å². The van der Waals surface area contributed by atoms with Crippen molar-refractivity contribution in [2.45, 2.75) is 35.6 Å². The zero-order valence-corrected chi connectivity index (χ0v) is 14.6. The van der Waals surface area contributed by atoms with Crippen molar-refractivity contribution in [2.24, 2.45) is 5.73 Å². The van der Waals surface area contributed by atoms with Crippen LogP contribution < -0.4 is 5.73 Å². The van der Waals surface area contributed by atoms with Gasteiger partial charge in [-0.15, -0.1) is 0 Å². The van der Waals surface area contributed by atoms with Crippen LogP contribution in [0.5, 0.6) is 0 Å². The lowest BCUT2D eigenvalue weighted by Gasteiger charge is -2.28. The van der Waals surface area contributed by atoms with E-state index in [1.165, 1.54) is 18.7 Å². The maximum absolute atomic E-state index is 9.95. The number of rotatable bonds is 8. The zero-order valence-electron chi connectivity index (χ0n) is 11.4. The number of hydrogen-bond acceptors (Lipinski definition) is 6. The highest BCUT2D eigenvalue weighted by molar-refractivity contribution is 9.10. The lowest BCUT2D eigenvalue weighted by atomic mass is 10.2. The normalized spacial score (nSPS) is 17.3. The monoisotopic (exact) mass is 399 g/mol. The third-order valence-corrected chi connectivity index (χ3v) is 5.14. The molecule has 120 valence electrons. The number of aliphatic hydroxyl groups is 3. The number of aliphatic hydroxyl groups excluding tert-OH is 3. The van der Waals surface area contributed by atoms with Crippen LogP contribution in [0.1, 0.15) is 6.92 Å². The van der Waals surface area contributed by atoms with Crippen LogP contribution in [0.15, 0.2) is 27.6 Å². The lowest BCUT2D eigenvalue weighted by Crippen LogP contribution is -2.40. The molecule has 0 saturated carbocycles. The van der Waals surface area contributed by atoms with Gasteiger partial charge in [0.2, 0.25) is 0 Å². The molecule has 1 aromatic rings. The fraction of sp³-hybridized carbons (Fsp3) is 0.538. The van der Waals surface area contributed by atoms with Crippen LogP contribution in [0, 0.1) is 0 Å². The highest BCUT2D eigenvalue weighted by atomic mass is 79.9. The molecule has 0 aromatic heterocycles. The topological polar surface area (TPSA) is 95.9 Å². The Hall–Kier alpha value is 0.140. The Kier molecular flexibility index (Phi) is 8.51. The maximum atomic E-state index is 9.95. The van der Waals surface area contributed by atoms with Crippen molar-refractivity contribution in [2.75, 3.05) is 13.2 Å². The smallest absolute Gasteiger partial charge is 0.135 e. The Morgan fingerprint density at radius 2 is 2.10 bits per heavy atom. The van der Waals surface area contributed by atoms with Crippen LogP contribution in [0.4, 0.5) is 0 Å². The minimum atomic E-state index is -0.940. The van der Waals surface area contributed by atoms with Crippen LogP contribution in [0.25, 0.3) is 0 Å². The fourth-order valence-electron chi connectivity index (χ4n) is 1.47. The summed E-state index contributed by atoms with van der Waals surface area (Å²) in [4.78, 5) is 0.781. The third-order valence-electron chi connectivity index (χ3n) is 2.73. The second kappa shape index (κ2) is 9.32. The first-order valence-electron chi connectivity index (χ1n) is 6.33. The van der Waals surface area contributed by atoms with E-state index < -0.39 is 23.7 Å². The molecule has 0 fully saturated rings. The van der Waals surface area contributed by atoms with Crippen LogP contribution in [0.2, 0.25) is 5.02 Å². The van der Waals surface area contributed by atoms with Gasteiger partial charge in [-0.05, 0) is 41.1 Å². The van der Waals surface area contributed by atoms with E-state index in [2.05, 4.69) is 15.9 Å². The van der Waals surface area contributed by atoms with Crippen LogP contribution >= 0.6 is 39.3 Å². The molecule has 1 rings (SSSR count). The summed E-state index contributed by atoms with van der Waals surface area (Å²) in [5.41, 5.74) is 4.75. The van der Waals surface area contributed by atoms with E-state index in [0.29, 0.717) is 5.02 Å². The number of halogens is 2. The molecule has 0 radical (unpaired) electrons. The molecular weight excluding hydrogens is 382 g/mol. The first kappa shape index (κ1) is 19.2. The molecule has 0 amide bonds. The van der Waals surface area contributed by atoms with Gasteiger partial charge < -0.3 is 25.8 Å². The van der Waals surface area contributed by atoms with Crippen molar-refractivity contribution in [3.63, 3.8) is 0 Å². The van der Waals surface area contributed by atoms with Crippen molar-refractivity contribution in [1.29, 1.82) is 0 Å². The molecule has 0 saturated heterocycles. The first-order chi connectivity index (χ1) is 9.88. The van der Waals surface area contributed by atoms with E-state index in [4.69, 9.17) is 22.1 Å². The van der Waals surface area contributed by atoms with Crippen molar-refractivity contribution in [3.05, 3.63) is 27.7 Å². The fourth-order valence-corrected chi connectivity index (χ4v) is 3.03. The summed E-state index contributed by atoms with van der Waals surface area (Å²) in [5, 5.41) is 29.2. The molecule has 1 aromatic carbocycles. The molecule has 0 aliphatic rings. The SMILES string of the molecule is C[C@@H](O)C(CO)OC(Sc1ccc(Br)c(Cl)c1)[C@@H](O)CN. The molecule has 21 heavy (non-hydrogen) atoms. The number of benzene rings is 1. The zero-order chi connectivity index (χ0) is 16.0. The van der Waals surface area contributed by atoms with E-state index in [-0.39, 0.29) is 13.2 Å². The molecule has 0 aliphatic carbocycles. The van der Waals surface area contributed by atoms with Crippen LogP contribution in [0.3, 0.4) is 0 Å². The number of nitrogens with two attached hydrogens (primary N) is 1. The Labute approximate surface area is 141 Å². The van der Waals surface area contributed by atoms with Crippen LogP contribution in [-0.4, -0.2) is 52.2 Å². The molecule has 8 heteroatoms. The van der Waals surface area contributed by atoms with Crippen molar-refractivity contribution < 1.29 is 20.1 Å². The Morgan fingerprint density at radius 1 is 1.43 bits per heavy atom. The first-order valence-corrected chi connectivity index (χ1v) is 8.38. The van der Waals surface area contributed by atoms with Gasteiger partial charge in [0.05, 0.1) is 17.7 Å². The Bertz CT molecular complexity index is 452. The summed E-state index contributed by atoms with van der Waals surface area (Å²) >= 11 is 10.6. The molecule has 5 nitrogen and oxygen atoms in total. The van der Waals surface area contributed by atoms with Gasteiger partial charge in [-0.25, -0.2) is 0 Å². The predicted octanol–water partition coefficient (Wildman–Crippen LogP) is 1.60. The summed E-state index contributed by atoms with van der Waals surface area (Å²) in [6.45, 7) is 1.15. The molecule has 4 atom stereocenters. The minimum absolute atomic E-state index is 0.000114.